The molecule has 0 saturated heterocycles. The molecule has 1 N–H and O–H groups in total. The van der Waals surface area contributed by atoms with E-state index in [9.17, 15) is 0 Å². The minimum atomic E-state index is 0.432. The Hall–Kier alpha value is -0.470. The first kappa shape index (κ1) is 14.6. The largest absolute Gasteiger partial charge is 0.307 e. The SMILES string of the molecule is CCSCC(C)NC(C)c1cc(C)cc(C)c1. The van der Waals surface area contributed by atoms with Gasteiger partial charge in [-0.2, -0.15) is 11.8 Å². The molecule has 2 heteroatoms. The van der Waals surface area contributed by atoms with Crippen molar-refractivity contribution in [3.8, 4) is 0 Å². The van der Waals surface area contributed by atoms with Crippen LogP contribution in [0.5, 0.6) is 0 Å². The van der Waals surface area contributed by atoms with Gasteiger partial charge in [-0.15, -0.1) is 0 Å². The number of thioether (sulfide) groups is 1. The summed E-state index contributed by atoms with van der Waals surface area (Å²) in [6, 6.07) is 7.79. The average molecular weight is 251 g/mol. The van der Waals surface area contributed by atoms with E-state index in [-0.39, 0.29) is 0 Å². The van der Waals surface area contributed by atoms with E-state index >= 15 is 0 Å². The molecular weight excluding hydrogens is 226 g/mol. The number of nitrogens with one attached hydrogen (secondary N) is 1. The minimum Gasteiger partial charge on any atom is -0.307 e. The summed E-state index contributed by atoms with van der Waals surface area (Å²) in [4.78, 5) is 0. The molecule has 0 radical (unpaired) electrons. The average Bonchev–Trinajstić information content (AvgIpc) is 2.25. The van der Waals surface area contributed by atoms with Crippen LogP contribution in [-0.2, 0) is 0 Å². The maximum absolute atomic E-state index is 3.66. The Morgan fingerprint density at radius 1 is 1.12 bits per heavy atom. The monoisotopic (exact) mass is 251 g/mol. The van der Waals surface area contributed by atoms with Crippen molar-refractivity contribution in [1.82, 2.24) is 5.32 Å². The summed E-state index contributed by atoms with van der Waals surface area (Å²) < 4.78 is 0. The molecule has 0 aliphatic rings. The van der Waals surface area contributed by atoms with Crippen LogP contribution in [0.2, 0.25) is 0 Å². The van der Waals surface area contributed by atoms with E-state index in [1.165, 1.54) is 28.2 Å². The Labute approximate surface area is 110 Å². The van der Waals surface area contributed by atoms with Crippen molar-refractivity contribution in [3.63, 3.8) is 0 Å². The molecule has 1 aromatic rings. The van der Waals surface area contributed by atoms with E-state index in [2.05, 4.69) is 58.1 Å². The maximum atomic E-state index is 3.66. The van der Waals surface area contributed by atoms with Crippen LogP contribution >= 0.6 is 11.8 Å². The zero-order valence-electron chi connectivity index (χ0n) is 11.7. The number of benzene rings is 1. The van der Waals surface area contributed by atoms with Crippen LogP contribution < -0.4 is 5.32 Å². The summed E-state index contributed by atoms with van der Waals surface area (Å²) in [6.07, 6.45) is 0. The highest BCUT2D eigenvalue weighted by Gasteiger charge is 2.09. The number of aryl methyl sites for hydroxylation is 2. The molecule has 96 valence electrons. The van der Waals surface area contributed by atoms with Crippen molar-refractivity contribution in [2.75, 3.05) is 11.5 Å². The third-order valence-electron chi connectivity index (χ3n) is 2.85. The molecular formula is C15H25NS. The van der Waals surface area contributed by atoms with Crippen molar-refractivity contribution < 1.29 is 0 Å². The zero-order valence-corrected chi connectivity index (χ0v) is 12.5. The molecule has 2 unspecified atom stereocenters. The van der Waals surface area contributed by atoms with Gasteiger partial charge in [-0.3, -0.25) is 0 Å². The van der Waals surface area contributed by atoms with Crippen LogP contribution in [0.3, 0.4) is 0 Å². The second-order valence-corrected chi connectivity index (χ2v) is 6.19. The van der Waals surface area contributed by atoms with Crippen molar-refractivity contribution in [1.29, 1.82) is 0 Å². The summed E-state index contributed by atoms with van der Waals surface area (Å²) >= 11 is 2.00. The highest BCUT2D eigenvalue weighted by Crippen LogP contribution is 2.17. The second-order valence-electron chi connectivity index (χ2n) is 4.87. The Bertz CT molecular complexity index is 329. The molecule has 0 aromatic heterocycles. The molecule has 0 aliphatic heterocycles. The van der Waals surface area contributed by atoms with Gasteiger partial charge < -0.3 is 5.32 Å². The van der Waals surface area contributed by atoms with Gasteiger partial charge in [-0.1, -0.05) is 36.2 Å². The van der Waals surface area contributed by atoms with Gasteiger partial charge in [0, 0.05) is 17.8 Å². The van der Waals surface area contributed by atoms with Gasteiger partial charge in [0.1, 0.15) is 0 Å². The topological polar surface area (TPSA) is 12.0 Å². The molecule has 0 spiro atoms. The van der Waals surface area contributed by atoms with Gasteiger partial charge in [-0.05, 0) is 39.0 Å². The molecule has 0 bridgehead atoms. The summed E-state index contributed by atoms with van der Waals surface area (Å²) in [6.45, 7) is 11.1. The quantitative estimate of drug-likeness (QED) is 0.817. The van der Waals surface area contributed by atoms with Crippen LogP contribution in [0.4, 0.5) is 0 Å². The zero-order chi connectivity index (χ0) is 12.8. The van der Waals surface area contributed by atoms with Crippen molar-refractivity contribution >= 4 is 11.8 Å². The molecule has 2 atom stereocenters. The maximum Gasteiger partial charge on any atom is 0.0294 e. The Morgan fingerprint density at radius 2 is 1.71 bits per heavy atom. The summed E-state index contributed by atoms with van der Waals surface area (Å²) in [5, 5.41) is 3.66. The van der Waals surface area contributed by atoms with Gasteiger partial charge >= 0.3 is 0 Å². The van der Waals surface area contributed by atoms with Gasteiger partial charge in [0.2, 0.25) is 0 Å². The molecule has 0 fully saturated rings. The van der Waals surface area contributed by atoms with E-state index in [0.717, 1.165) is 0 Å². The highest BCUT2D eigenvalue weighted by molar-refractivity contribution is 7.99. The Morgan fingerprint density at radius 3 is 2.24 bits per heavy atom. The molecule has 1 aromatic carbocycles. The van der Waals surface area contributed by atoms with Crippen LogP contribution in [-0.4, -0.2) is 17.5 Å². The molecule has 0 amide bonds. The van der Waals surface area contributed by atoms with Crippen LogP contribution in [0, 0.1) is 13.8 Å². The number of hydrogen-bond donors (Lipinski definition) is 1. The van der Waals surface area contributed by atoms with E-state index in [1.807, 2.05) is 11.8 Å². The van der Waals surface area contributed by atoms with E-state index in [1.54, 1.807) is 0 Å². The smallest absolute Gasteiger partial charge is 0.0294 e. The Balaban J connectivity index is 2.59. The highest BCUT2D eigenvalue weighted by atomic mass is 32.2. The van der Waals surface area contributed by atoms with Crippen molar-refractivity contribution in [3.05, 3.63) is 34.9 Å². The molecule has 0 heterocycles. The van der Waals surface area contributed by atoms with Gasteiger partial charge in [0.15, 0.2) is 0 Å². The first-order valence-corrected chi connectivity index (χ1v) is 7.60. The van der Waals surface area contributed by atoms with Crippen molar-refractivity contribution in [2.45, 2.75) is 46.7 Å². The van der Waals surface area contributed by atoms with Crippen LogP contribution in [0.15, 0.2) is 18.2 Å². The lowest BCUT2D eigenvalue weighted by atomic mass is 10.0. The van der Waals surface area contributed by atoms with Crippen LogP contribution in [0.25, 0.3) is 0 Å². The fourth-order valence-electron chi connectivity index (χ4n) is 2.13. The van der Waals surface area contributed by atoms with E-state index < -0.39 is 0 Å². The normalized spacial score (nSPS) is 14.6. The standard InChI is InChI=1S/C15H25NS/c1-6-17-10-13(4)16-14(5)15-8-11(2)7-12(3)9-15/h7-9,13-14,16H,6,10H2,1-5H3. The van der Waals surface area contributed by atoms with Gasteiger partial charge in [0.05, 0.1) is 0 Å². The fourth-order valence-corrected chi connectivity index (χ4v) is 2.81. The molecule has 1 nitrogen and oxygen atoms in total. The summed E-state index contributed by atoms with van der Waals surface area (Å²) in [5.74, 6) is 2.38. The lowest BCUT2D eigenvalue weighted by Gasteiger charge is -2.21. The first-order chi connectivity index (χ1) is 8.02. The second kappa shape index (κ2) is 7.07. The van der Waals surface area contributed by atoms with Crippen LogP contribution in [0.1, 0.15) is 43.5 Å². The van der Waals surface area contributed by atoms with Gasteiger partial charge in [-0.25, -0.2) is 0 Å². The molecule has 17 heavy (non-hydrogen) atoms. The third kappa shape index (κ3) is 5.13. The number of hydrogen-bond acceptors (Lipinski definition) is 2. The Kier molecular flexibility index (Phi) is 6.07. The molecule has 1 rings (SSSR count). The van der Waals surface area contributed by atoms with Crippen molar-refractivity contribution in [2.24, 2.45) is 0 Å². The predicted molar refractivity (Wildman–Crippen MR) is 79.9 cm³/mol. The summed E-state index contributed by atoms with van der Waals surface area (Å²) in [7, 11) is 0. The summed E-state index contributed by atoms with van der Waals surface area (Å²) in [5.41, 5.74) is 4.10. The molecule has 0 saturated carbocycles. The fraction of sp³-hybridized carbons (Fsp3) is 0.600. The lowest BCUT2D eigenvalue weighted by molar-refractivity contribution is 0.511. The van der Waals surface area contributed by atoms with E-state index in [4.69, 9.17) is 0 Å². The van der Waals surface area contributed by atoms with Gasteiger partial charge in [0.25, 0.3) is 0 Å². The lowest BCUT2D eigenvalue weighted by Crippen LogP contribution is -2.31. The molecule has 0 aliphatic carbocycles. The number of rotatable bonds is 6. The first-order valence-electron chi connectivity index (χ1n) is 6.45. The third-order valence-corrected chi connectivity index (χ3v) is 3.99. The minimum absolute atomic E-state index is 0.432. The predicted octanol–water partition coefficient (Wildman–Crippen LogP) is 4.10. The van der Waals surface area contributed by atoms with E-state index in [0.29, 0.717) is 12.1 Å².